The maximum Gasteiger partial charge on any atom is 0.312 e. The van der Waals surface area contributed by atoms with Crippen LogP contribution in [0.25, 0.3) is 0 Å². The van der Waals surface area contributed by atoms with E-state index in [1.807, 2.05) is 24.3 Å². The fourth-order valence-corrected chi connectivity index (χ4v) is 2.16. The number of primary amides is 1. The number of carbonyl (C=O) groups excluding carboxylic acids is 3. The first-order valence-corrected chi connectivity index (χ1v) is 8.55. The Morgan fingerprint density at radius 1 is 1.12 bits per heavy atom. The van der Waals surface area contributed by atoms with Crippen LogP contribution in [0.2, 0.25) is 0 Å². The summed E-state index contributed by atoms with van der Waals surface area (Å²) < 4.78 is 5.13. The quantitative estimate of drug-likeness (QED) is 0.445. The lowest BCUT2D eigenvalue weighted by atomic mass is 10.1. The summed E-state index contributed by atoms with van der Waals surface area (Å²) in [4.78, 5) is 34.3. The van der Waals surface area contributed by atoms with Crippen molar-refractivity contribution in [2.24, 2.45) is 5.73 Å². The Labute approximate surface area is 148 Å². The van der Waals surface area contributed by atoms with Crippen molar-refractivity contribution in [2.45, 2.75) is 52.1 Å². The number of nitrogens with one attached hydrogen (secondary N) is 2. The molecule has 1 aromatic carbocycles. The molecule has 4 N–H and O–H groups in total. The summed E-state index contributed by atoms with van der Waals surface area (Å²) in [5.74, 6) is -0.768. The first kappa shape index (κ1) is 20.5. The van der Waals surface area contributed by atoms with Crippen molar-refractivity contribution in [3.63, 3.8) is 0 Å². The van der Waals surface area contributed by atoms with Gasteiger partial charge in [-0.2, -0.15) is 0 Å². The number of nitrogens with two attached hydrogens (primary N) is 1. The minimum absolute atomic E-state index is 0.236. The lowest BCUT2D eigenvalue weighted by molar-refractivity contribution is -0.153. The van der Waals surface area contributed by atoms with Crippen molar-refractivity contribution >= 4 is 23.6 Å². The molecular weight excluding hydrogens is 322 g/mol. The van der Waals surface area contributed by atoms with Gasteiger partial charge in [-0.05, 0) is 43.9 Å². The zero-order valence-corrected chi connectivity index (χ0v) is 14.8. The van der Waals surface area contributed by atoms with Gasteiger partial charge in [0.1, 0.15) is 0 Å². The normalized spacial score (nSPS) is 11.4. The highest BCUT2D eigenvalue weighted by Crippen LogP contribution is 2.11. The van der Waals surface area contributed by atoms with E-state index in [0.717, 1.165) is 19.3 Å². The molecule has 7 heteroatoms. The van der Waals surface area contributed by atoms with Gasteiger partial charge in [-0.1, -0.05) is 25.5 Å². The lowest BCUT2D eigenvalue weighted by Gasteiger charge is -2.13. The summed E-state index contributed by atoms with van der Waals surface area (Å²) in [6.07, 6.45) is 2.45. The van der Waals surface area contributed by atoms with Gasteiger partial charge in [0.2, 0.25) is 0 Å². The van der Waals surface area contributed by atoms with Crippen LogP contribution in [0, 0.1) is 0 Å². The maximum atomic E-state index is 12.0. The molecule has 25 heavy (non-hydrogen) atoms. The van der Waals surface area contributed by atoms with E-state index in [0.29, 0.717) is 18.7 Å². The summed E-state index contributed by atoms with van der Waals surface area (Å²) >= 11 is 0. The highest BCUT2D eigenvalue weighted by molar-refractivity contribution is 5.95. The Morgan fingerprint density at radius 3 is 2.40 bits per heavy atom. The molecule has 0 saturated carbocycles. The molecule has 138 valence electrons. The van der Waals surface area contributed by atoms with Crippen molar-refractivity contribution in [3.05, 3.63) is 29.8 Å². The van der Waals surface area contributed by atoms with E-state index in [9.17, 15) is 14.4 Å². The van der Waals surface area contributed by atoms with Crippen molar-refractivity contribution < 1.29 is 19.1 Å². The first-order chi connectivity index (χ1) is 11.9. The predicted octanol–water partition coefficient (Wildman–Crippen LogP) is 2.35. The predicted molar refractivity (Wildman–Crippen MR) is 96.1 cm³/mol. The largest absolute Gasteiger partial charge is 0.453 e. The Hall–Kier alpha value is -2.57. The van der Waals surface area contributed by atoms with E-state index in [1.54, 1.807) is 6.92 Å². The standard InChI is InChI=1S/C18H27N3O4/c1-3-14-8-10-15(11-9-14)21-17(23)13(2)25-16(22)7-5-4-6-12-20-18(19)24/h8-11,13H,3-7,12H2,1-2H3,(H,21,23)(H3,19,20,24)/t13-/m0/s1. The van der Waals surface area contributed by atoms with Crippen LogP contribution in [-0.4, -0.2) is 30.6 Å². The van der Waals surface area contributed by atoms with Gasteiger partial charge in [0.15, 0.2) is 6.10 Å². The minimum Gasteiger partial charge on any atom is -0.453 e. The number of carbonyl (C=O) groups is 3. The van der Waals surface area contributed by atoms with Crippen molar-refractivity contribution in [3.8, 4) is 0 Å². The molecule has 0 aliphatic heterocycles. The third-order valence-electron chi connectivity index (χ3n) is 3.66. The first-order valence-electron chi connectivity index (χ1n) is 8.55. The maximum absolute atomic E-state index is 12.0. The van der Waals surface area contributed by atoms with Crippen LogP contribution in [0.5, 0.6) is 0 Å². The molecular formula is C18H27N3O4. The van der Waals surface area contributed by atoms with Gasteiger partial charge in [0.05, 0.1) is 0 Å². The number of hydrogen-bond donors (Lipinski definition) is 3. The SMILES string of the molecule is CCc1ccc(NC(=O)[C@H](C)OC(=O)CCCCCNC(N)=O)cc1. The Bertz CT molecular complexity index is 572. The zero-order chi connectivity index (χ0) is 18.7. The highest BCUT2D eigenvalue weighted by Gasteiger charge is 2.17. The average molecular weight is 349 g/mol. The molecule has 0 unspecified atom stereocenters. The molecule has 0 aliphatic rings. The Morgan fingerprint density at radius 2 is 1.80 bits per heavy atom. The average Bonchev–Trinajstić information content (AvgIpc) is 2.58. The molecule has 0 saturated heterocycles. The number of urea groups is 1. The number of rotatable bonds is 10. The van der Waals surface area contributed by atoms with Gasteiger partial charge in [0, 0.05) is 18.7 Å². The fraction of sp³-hybridized carbons (Fsp3) is 0.500. The lowest BCUT2D eigenvalue weighted by Crippen LogP contribution is -2.30. The molecule has 1 atom stereocenters. The van der Waals surface area contributed by atoms with E-state index >= 15 is 0 Å². The zero-order valence-electron chi connectivity index (χ0n) is 14.8. The van der Waals surface area contributed by atoms with Crippen molar-refractivity contribution in [2.75, 3.05) is 11.9 Å². The number of hydrogen-bond acceptors (Lipinski definition) is 4. The smallest absolute Gasteiger partial charge is 0.312 e. The second-order valence-corrected chi connectivity index (χ2v) is 5.77. The number of benzene rings is 1. The van der Waals surface area contributed by atoms with Crippen LogP contribution < -0.4 is 16.4 Å². The van der Waals surface area contributed by atoms with Crippen LogP contribution in [0.3, 0.4) is 0 Å². The molecule has 0 radical (unpaired) electrons. The summed E-state index contributed by atoms with van der Waals surface area (Å²) in [7, 11) is 0. The molecule has 0 bridgehead atoms. The molecule has 1 rings (SSSR count). The molecule has 3 amide bonds. The van der Waals surface area contributed by atoms with Crippen LogP contribution in [0.15, 0.2) is 24.3 Å². The number of esters is 1. The summed E-state index contributed by atoms with van der Waals surface area (Å²) in [5, 5.41) is 5.21. The molecule has 0 spiro atoms. The van der Waals surface area contributed by atoms with E-state index in [-0.39, 0.29) is 12.3 Å². The van der Waals surface area contributed by atoms with Gasteiger partial charge in [-0.25, -0.2) is 4.79 Å². The molecule has 0 heterocycles. The summed E-state index contributed by atoms with van der Waals surface area (Å²) in [6.45, 7) is 4.09. The van der Waals surface area contributed by atoms with Gasteiger partial charge in [-0.15, -0.1) is 0 Å². The van der Waals surface area contributed by atoms with Gasteiger partial charge in [0.25, 0.3) is 5.91 Å². The Balaban J connectivity index is 2.24. The van der Waals surface area contributed by atoms with Crippen molar-refractivity contribution in [1.29, 1.82) is 0 Å². The molecule has 0 fully saturated rings. The Kier molecular flexibility index (Phi) is 9.06. The third-order valence-corrected chi connectivity index (χ3v) is 3.66. The number of unbranched alkanes of at least 4 members (excludes halogenated alkanes) is 2. The molecule has 7 nitrogen and oxygen atoms in total. The molecule has 1 aromatic rings. The number of amides is 3. The van der Waals surface area contributed by atoms with Gasteiger partial charge >= 0.3 is 12.0 Å². The van der Waals surface area contributed by atoms with Gasteiger partial charge < -0.3 is 21.1 Å². The summed E-state index contributed by atoms with van der Waals surface area (Å²) in [5.41, 5.74) is 6.80. The minimum atomic E-state index is -0.852. The van der Waals surface area contributed by atoms with E-state index in [4.69, 9.17) is 10.5 Å². The van der Waals surface area contributed by atoms with Crippen LogP contribution >= 0.6 is 0 Å². The molecule has 0 aliphatic carbocycles. The van der Waals surface area contributed by atoms with Crippen LogP contribution in [-0.2, 0) is 20.7 Å². The van der Waals surface area contributed by atoms with E-state index < -0.39 is 18.1 Å². The number of aryl methyl sites for hydroxylation is 1. The molecule has 0 aromatic heterocycles. The summed E-state index contributed by atoms with van der Waals surface area (Å²) in [6, 6.07) is 6.99. The third kappa shape index (κ3) is 8.74. The van der Waals surface area contributed by atoms with E-state index in [1.165, 1.54) is 5.56 Å². The number of anilines is 1. The highest BCUT2D eigenvalue weighted by atomic mass is 16.5. The second kappa shape index (κ2) is 11.1. The monoisotopic (exact) mass is 349 g/mol. The van der Waals surface area contributed by atoms with Gasteiger partial charge in [-0.3, -0.25) is 9.59 Å². The van der Waals surface area contributed by atoms with E-state index in [2.05, 4.69) is 17.6 Å². The topological polar surface area (TPSA) is 111 Å². The number of ether oxygens (including phenoxy) is 1. The van der Waals surface area contributed by atoms with Crippen molar-refractivity contribution in [1.82, 2.24) is 5.32 Å². The van der Waals surface area contributed by atoms with Crippen LogP contribution in [0.4, 0.5) is 10.5 Å². The second-order valence-electron chi connectivity index (χ2n) is 5.77. The van der Waals surface area contributed by atoms with Crippen LogP contribution in [0.1, 0.15) is 45.1 Å². The fourth-order valence-electron chi connectivity index (χ4n) is 2.16.